The minimum Gasteiger partial charge on any atom is -0.311 e. The summed E-state index contributed by atoms with van der Waals surface area (Å²) in [5.41, 5.74) is 15.3. The molecule has 0 unspecified atom stereocenters. The SMILES string of the molecule is c1ccc(-c2cccc(-c3ccc(N(c4ccc(-c5ccc6c7ccccc7c7ccccc7c6c5)cc4)c4ccc(-c5c(-c6ccccc6)ccc6ccccc56)cc4)cc3)c2)cc1. The van der Waals surface area contributed by atoms with E-state index in [0.29, 0.717) is 0 Å². The van der Waals surface area contributed by atoms with Gasteiger partial charge in [0.05, 0.1) is 0 Å². The topological polar surface area (TPSA) is 3.24 Å². The summed E-state index contributed by atoms with van der Waals surface area (Å²) >= 11 is 0. The predicted octanol–water partition coefficient (Wildman–Crippen LogP) is 18.1. The van der Waals surface area contributed by atoms with Crippen LogP contribution >= 0.6 is 0 Å². The fourth-order valence-corrected chi connectivity index (χ4v) is 9.87. The number of rotatable bonds is 8. The molecule has 65 heavy (non-hydrogen) atoms. The van der Waals surface area contributed by atoms with E-state index in [0.717, 1.165) is 17.1 Å². The third-order valence-corrected chi connectivity index (χ3v) is 13.1. The summed E-state index contributed by atoms with van der Waals surface area (Å²) in [4.78, 5) is 2.37. The third kappa shape index (κ3) is 7.01. The second-order valence-electron chi connectivity index (χ2n) is 16.8. The van der Waals surface area contributed by atoms with E-state index in [1.54, 1.807) is 0 Å². The molecule has 0 radical (unpaired) electrons. The van der Waals surface area contributed by atoms with E-state index in [2.05, 4.69) is 266 Å². The zero-order chi connectivity index (χ0) is 43.1. The number of hydrogen-bond acceptors (Lipinski definition) is 1. The van der Waals surface area contributed by atoms with Crippen LogP contribution in [0, 0.1) is 0 Å². The molecule has 0 spiro atoms. The molecule has 0 saturated heterocycles. The van der Waals surface area contributed by atoms with E-state index in [9.17, 15) is 0 Å². The van der Waals surface area contributed by atoms with Gasteiger partial charge in [0, 0.05) is 17.1 Å². The van der Waals surface area contributed by atoms with Crippen LogP contribution in [-0.4, -0.2) is 0 Å². The normalized spacial score (nSPS) is 11.4. The van der Waals surface area contributed by atoms with E-state index in [4.69, 9.17) is 0 Å². The summed E-state index contributed by atoms with van der Waals surface area (Å²) in [6.45, 7) is 0. The summed E-state index contributed by atoms with van der Waals surface area (Å²) in [6.07, 6.45) is 0. The maximum atomic E-state index is 2.37. The molecule has 12 rings (SSSR count). The van der Waals surface area contributed by atoms with Crippen LogP contribution in [0.4, 0.5) is 17.1 Å². The summed E-state index contributed by atoms with van der Waals surface area (Å²) in [5.74, 6) is 0. The van der Waals surface area contributed by atoms with Gasteiger partial charge in [0.2, 0.25) is 0 Å². The van der Waals surface area contributed by atoms with E-state index in [-0.39, 0.29) is 0 Å². The fourth-order valence-electron chi connectivity index (χ4n) is 9.87. The van der Waals surface area contributed by atoms with Crippen molar-refractivity contribution in [3.05, 3.63) is 261 Å². The van der Waals surface area contributed by atoms with Gasteiger partial charge in [0.25, 0.3) is 0 Å². The molecule has 0 heterocycles. The van der Waals surface area contributed by atoms with Gasteiger partial charge in [-0.25, -0.2) is 0 Å². The molecule has 304 valence electrons. The van der Waals surface area contributed by atoms with Gasteiger partial charge >= 0.3 is 0 Å². The third-order valence-electron chi connectivity index (χ3n) is 13.1. The molecule has 1 nitrogen and oxygen atoms in total. The summed E-state index contributed by atoms with van der Waals surface area (Å²) < 4.78 is 0. The van der Waals surface area contributed by atoms with Crippen LogP contribution in [-0.2, 0) is 0 Å². The van der Waals surface area contributed by atoms with Crippen molar-refractivity contribution in [2.75, 3.05) is 4.90 Å². The van der Waals surface area contributed by atoms with Gasteiger partial charge in [0.15, 0.2) is 0 Å². The second-order valence-corrected chi connectivity index (χ2v) is 16.8. The minimum atomic E-state index is 1.09. The van der Waals surface area contributed by atoms with Gasteiger partial charge in [-0.15, -0.1) is 0 Å². The van der Waals surface area contributed by atoms with Gasteiger partial charge in [-0.3, -0.25) is 0 Å². The standard InChI is InChI=1S/C64H43N/c1-3-14-44(15-4-1)50-19-13-20-51(42-50)45-26-34-53(35-27-45)65(55-38-30-49(31-39-55)64-56-21-8-7-18-48(56)32-40-57(64)47-16-5-2-6-17-47)54-36-28-46(29-37-54)52-33-41-62-60-24-10-9-22-58(60)59-23-11-12-25-61(59)63(62)43-52/h1-43H. The lowest BCUT2D eigenvalue weighted by Crippen LogP contribution is -2.09. The lowest BCUT2D eigenvalue weighted by atomic mass is 9.89. The average Bonchev–Trinajstić information content (AvgIpc) is 3.39. The molecule has 0 aliphatic rings. The molecule has 1 heteroatoms. The van der Waals surface area contributed by atoms with Crippen molar-refractivity contribution < 1.29 is 0 Å². The molecule has 0 aromatic heterocycles. The molecular formula is C64H43N. The molecule has 0 N–H and O–H groups in total. The van der Waals surface area contributed by atoms with E-state index < -0.39 is 0 Å². The lowest BCUT2D eigenvalue weighted by Gasteiger charge is -2.26. The van der Waals surface area contributed by atoms with Crippen molar-refractivity contribution >= 4 is 60.2 Å². The Morgan fingerprint density at radius 2 is 0.585 bits per heavy atom. The highest BCUT2D eigenvalue weighted by Gasteiger charge is 2.17. The first-order chi connectivity index (χ1) is 32.2. The summed E-state index contributed by atoms with van der Waals surface area (Å²) in [6, 6.07) is 95.1. The lowest BCUT2D eigenvalue weighted by molar-refractivity contribution is 1.28. The van der Waals surface area contributed by atoms with Crippen LogP contribution in [0.1, 0.15) is 0 Å². The molecule has 0 fully saturated rings. The number of nitrogens with zero attached hydrogens (tertiary/aromatic N) is 1. The first kappa shape index (κ1) is 38.2. The second kappa shape index (κ2) is 16.3. The molecule has 0 aliphatic heterocycles. The van der Waals surface area contributed by atoms with Crippen molar-refractivity contribution in [2.45, 2.75) is 0 Å². The van der Waals surface area contributed by atoms with Gasteiger partial charge in [-0.1, -0.05) is 212 Å². The van der Waals surface area contributed by atoms with Crippen LogP contribution in [0.5, 0.6) is 0 Å². The van der Waals surface area contributed by atoms with Crippen LogP contribution in [0.15, 0.2) is 261 Å². The van der Waals surface area contributed by atoms with Crippen molar-refractivity contribution in [3.8, 4) is 55.6 Å². The Morgan fingerprint density at radius 3 is 1.14 bits per heavy atom. The fraction of sp³-hybridized carbons (Fsp3) is 0. The first-order valence-electron chi connectivity index (χ1n) is 22.4. The Hall–Kier alpha value is -8.52. The monoisotopic (exact) mass is 825 g/mol. The molecule has 0 aliphatic carbocycles. The van der Waals surface area contributed by atoms with Crippen LogP contribution < -0.4 is 4.90 Å². The zero-order valence-corrected chi connectivity index (χ0v) is 35.8. The first-order valence-corrected chi connectivity index (χ1v) is 22.4. The van der Waals surface area contributed by atoms with Gasteiger partial charge in [-0.2, -0.15) is 0 Å². The Balaban J connectivity index is 0.952. The quantitative estimate of drug-likeness (QED) is 0.138. The molecule has 0 bridgehead atoms. The zero-order valence-electron chi connectivity index (χ0n) is 35.8. The molecule has 0 saturated carbocycles. The summed E-state index contributed by atoms with van der Waals surface area (Å²) in [7, 11) is 0. The smallest absolute Gasteiger partial charge is 0.0462 e. The van der Waals surface area contributed by atoms with Crippen LogP contribution in [0.2, 0.25) is 0 Å². The van der Waals surface area contributed by atoms with Crippen molar-refractivity contribution in [1.29, 1.82) is 0 Å². The predicted molar refractivity (Wildman–Crippen MR) is 278 cm³/mol. The van der Waals surface area contributed by atoms with E-state index >= 15 is 0 Å². The van der Waals surface area contributed by atoms with Crippen molar-refractivity contribution in [1.82, 2.24) is 0 Å². The van der Waals surface area contributed by atoms with Gasteiger partial charge < -0.3 is 4.90 Å². The van der Waals surface area contributed by atoms with Crippen LogP contribution in [0.25, 0.3) is 98.7 Å². The highest BCUT2D eigenvalue weighted by atomic mass is 15.1. The Kier molecular flexibility index (Phi) is 9.58. The number of fused-ring (bicyclic) bond motifs is 7. The number of anilines is 3. The Labute approximate surface area is 379 Å². The molecule has 12 aromatic rings. The van der Waals surface area contributed by atoms with E-state index in [1.807, 2.05) is 0 Å². The molecule has 0 amide bonds. The molecule has 12 aromatic carbocycles. The number of benzene rings is 12. The highest BCUT2D eigenvalue weighted by Crippen LogP contribution is 2.43. The summed E-state index contributed by atoms with van der Waals surface area (Å²) in [5, 5.41) is 10.2. The minimum absolute atomic E-state index is 1.09. The highest BCUT2D eigenvalue weighted by molar-refractivity contribution is 6.25. The largest absolute Gasteiger partial charge is 0.311 e. The number of hydrogen-bond donors (Lipinski definition) is 0. The van der Waals surface area contributed by atoms with Gasteiger partial charge in [0.1, 0.15) is 0 Å². The van der Waals surface area contributed by atoms with Gasteiger partial charge in [-0.05, 0) is 147 Å². The van der Waals surface area contributed by atoms with Crippen molar-refractivity contribution in [3.63, 3.8) is 0 Å². The van der Waals surface area contributed by atoms with E-state index in [1.165, 1.54) is 98.7 Å². The maximum Gasteiger partial charge on any atom is 0.0462 e. The van der Waals surface area contributed by atoms with Crippen molar-refractivity contribution in [2.24, 2.45) is 0 Å². The average molecular weight is 826 g/mol. The molecule has 0 atom stereocenters. The molecular weight excluding hydrogens is 783 g/mol. The Morgan fingerprint density at radius 1 is 0.200 bits per heavy atom. The maximum absolute atomic E-state index is 2.37. The Bertz CT molecular complexity index is 3630. The van der Waals surface area contributed by atoms with Crippen LogP contribution in [0.3, 0.4) is 0 Å².